The number of phenolic OH excluding ortho intramolecular Hbond substituents is 3. The van der Waals surface area contributed by atoms with Crippen molar-refractivity contribution in [3.8, 4) is 23.0 Å². The second kappa shape index (κ2) is 4.38. The van der Waals surface area contributed by atoms with Gasteiger partial charge in [-0.25, -0.2) is 0 Å². The maximum atomic E-state index is 10.1. The fraction of sp³-hybridized carbons (Fsp3) is 0.0667. The number of hydrogen-bond acceptors (Lipinski definition) is 5. The number of fused-ring (bicyclic) bond motifs is 1. The number of rotatable bonds is 1. The first-order chi connectivity index (χ1) is 9.54. The van der Waals surface area contributed by atoms with Crippen LogP contribution in [0, 0.1) is 0 Å². The van der Waals surface area contributed by atoms with E-state index in [0.29, 0.717) is 16.9 Å². The Morgan fingerprint density at radius 2 is 1.55 bits per heavy atom. The average molecular weight is 272 g/mol. The number of aliphatic hydroxyl groups is 1. The number of ether oxygens (including phenoxy) is 1. The van der Waals surface area contributed by atoms with Gasteiger partial charge in [0.2, 0.25) is 0 Å². The number of aromatic hydroxyl groups is 3. The molecular weight excluding hydrogens is 260 g/mol. The third kappa shape index (κ3) is 1.99. The first-order valence-electron chi connectivity index (χ1n) is 5.99. The van der Waals surface area contributed by atoms with Crippen molar-refractivity contribution in [3.05, 3.63) is 53.3 Å². The molecule has 5 heteroatoms. The van der Waals surface area contributed by atoms with Gasteiger partial charge >= 0.3 is 0 Å². The maximum Gasteiger partial charge on any atom is 0.172 e. The van der Waals surface area contributed by atoms with Crippen LogP contribution in [0.1, 0.15) is 11.1 Å². The topological polar surface area (TPSA) is 90.2 Å². The monoisotopic (exact) mass is 272 g/mol. The smallest absolute Gasteiger partial charge is 0.172 e. The molecule has 0 bridgehead atoms. The molecule has 2 aromatic carbocycles. The highest BCUT2D eigenvalue weighted by molar-refractivity contribution is 5.69. The van der Waals surface area contributed by atoms with E-state index in [-0.39, 0.29) is 35.2 Å². The second-order valence-corrected chi connectivity index (χ2v) is 4.54. The predicted molar refractivity (Wildman–Crippen MR) is 71.8 cm³/mol. The van der Waals surface area contributed by atoms with Crippen molar-refractivity contribution in [2.75, 3.05) is 0 Å². The Labute approximate surface area is 114 Å². The maximum absolute atomic E-state index is 10.1. The van der Waals surface area contributed by atoms with E-state index in [4.69, 9.17) is 4.74 Å². The van der Waals surface area contributed by atoms with Crippen molar-refractivity contribution in [1.29, 1.82) is 0 Å². The summed E-state index contributed by atoms with van der Waals surface area (Å²) in [6.07, 6.45) is 0.109. The number of benzene rings is 2. The zero-order valence-corrected chi connectivity index (χ0v) is 10.4. The zero-order valence-electron chi connectivity index (χ0n) is 10.4. The van der Waals surface area contributed by atoms with Crippen LogP contribution in [-0.2, 0) is 6.42 Å². The zero-order chi connectivity index (χ0) is 14.3. The van der Waals surface area contributed by atoms with Crippen LogP contribution >= 0.6 is 0 Å². The van der Waals surface area contributed by atoms with E-state index < -0.39 is 0 Å². The van der Waals surface area contributed by atoms with E-state index in [1.54, 1.807) is 12.1 Å². The summed E-state index contributed by atoms with van der Waals surface area (Å²) in [5, 5.41) is 38.5. The summed E-state index contributed by atoms with van der Waals surface area (Å²) in [6.45, 7) is 0. The first-order valence-corrected chi connectivity index (χ1v) is 5.99. The Morgan fingerprint density at radius 3 is 2.25 bits per heavy atom. The summed E-state index contributed by atoms with van der Waals surface area (Å²) in [7, 11) is 0. The van der Waals surface area contributed by atoms with Crippen LogP contribution in [0.2, 0.25) is 0 Å². The summed E-state index contributed by atoms with van der Waals surface area (Å²) in [4.78, 5) is 0. The van der Waals surface area contributed by atoms with E-state index in [2.05, 4.69) is 0 Å². The minimum atomic E-state index is -0.128. The van der Waals surface area contributed by atoms with Crippen LogP contribution in [-0.4, -0.2) is 20.4 Å². The van der Waals surface area contributed by atoms with Crippen LogP contribution in [0.25, 0.3) is 5.76 Å². The molecule has 0 atom stereocenters. The van der Waals surface area contributed by atoms with Crippen molar-refractivity contribution >= 4 is 5.76 Å². The van der Waals surface area contributed by atoms with Crippen LogP contribution in [0.15, 0.2) is 42.2 Å². The predicted octanol–water partition coefficient (Wildman–Crippen LogP) is 2.67. The lowest BCUT2D eigenvalue weighted by Gasteiger charge is -2.21. The lowest BCUT2D eigenvalue weighted by atomic mass is 10.0. The molecule has 1 aliphatic rings. The van der Waals surface area contributed by atoms with Crippen molar-refractivity contribution in [2.24, 2.45) is 0 Å². The number of aliphatic hydroxyl groups excluding tert-OH is 1. The molecule has 1 aliphatic heterocycles. The molecule has 0 amide bonds. The Hall–Kier alpha value is -2.82. The average Bonchev–Trinajstić information content (AvgIpc) is 2.40. The van der Waals surface area contributed by atoms with E-state index in [1.165, 1.54) is 24.3 Å². The molecule has 0 radical (unpaired) electrons. The molecule has 0 saturated carbocycles. The molecule has 0 aromatic heterocycles. The van der Waals surface area contributed by atoms with Crippen LogP contribution < -0.4 is 4.74 Å². The third-order valence-electron chi connectivity index (χ3n) is 3.12. The summed E-state index contributed by atoms with van der Waals surface area (Å²) in [5.41, 5.74) is 1.01. The molecule has 0 fully saturated rings. The van der Waals surface area contributed by atoms with Gasteiger partial charge in [0.25, 0.3) is 0 Å². The van der Waals surface area contributed by atoms with Crippen LogP contribution in [0.5, 0.6) is 23.0 Å². The van der Waals surface area contributed by atoms with E-state index in [1.807, 2.05) is 0 Å². The minimum absolute atomic E-state index is 0.0239. The van der Waals surface area contributed by atoms with Gasteiger partial charge in [-0.3, -0.25) is 0 Å². The first kappa shape index (κ1) is 12.2. The minimum Gasteiger partial charge on any atom is -0.508 e. The SMILES string of the molecule is OC1=C(c2ccc(O)cc2)Oc2cc(O)cc(O)c2C1. The molecule has 5 nitrogen and oxygen atoms in total. The summed E-state index contributed by atoms with van der Waals surface area (Å²) in [5.74, 6) is 0.374. The molecule has 0 spiro atoms. The van der Waals surface area contributed by atoms with Gasteiger partial charge in [-0.2, -0.15) is 0 Å². The number of phenols is 3. The molecule has 0 aliphatic carbocycles. The van der Waals surface area contributed by atoms with Gasteiger partial charge in [-0.05, 0) is 24.3 Å². The summed E-state index contributed by atoms with van der Waals surface area (Å²) in [6, 6.07) is 8.74. The van der Waals surface area contributed by atoms with Gasteiger partial charge in [-0.1, -0.05) is 0 Å². The largest absolute Gasteiger partial charge is 0.508 e. The molecule has 4 N–H and O–H groups in total. The molecule has 3 rings (SSSR count). The highest BCUT2D eigenvalue weighted by Crippen LogP contribution is 2.40. The van der Waals surface area contributed by atoms with Gasteiger partial charge in [0, 0.05) is 29.7 Å². The van der Waals surface area contributed by atoms with Crippen molar-refractivity contribution < 1.29 is 25.2 Å². The van der Waals surface area contributed by atoms with Gasteiger partial charge in [0.1, 0.15) is 28.8 Å². The van der Waals surface area contributed by atoms with Crippen molar-refractivity contribution in [3.63, 3.8) is 0 Å². The van der Waals surface area contributed by atoms with E-state index >= 15 is 0 Å². The Balaban J connectivity index is 2.05. The van der Waals surface area contributed by atoms with E-state index in [0.717, 1.165) is 0 Å². The number of allylic oxidation sites excluding steroid dienone is 1. The van der Waals surface area contributed by atoms with Crippen molar-refractivity contribution in [2.45, 2.75) is 6.42 Å². The Bertz CT molecular complexity index is 701. The van der Waals surface area contributed by atoms with E-state index in [9.17, 15) is 20.4 Å². The molecule has 102 valence electrons. The molecule has 2 aromatic rings. The standard InChI is InChI=1S/C15H12O5/c16-9-3-1-8(2-4-9)15-13(19)7-11-12(18)5-10(17)6-14(11)20-15/h1-6,16-19H,7H2. The van der Waals surface area contributed by atoms with Gasteiger partial charge < -0.3 is 25.2 Å². The quantitative estimate of drug-likeness (QED) is 0.640. The highest BCUT2D eigenvalue weighted by atomic mass is 16.5. The molecule has 0 saturated heterocycles. The molecule has 0 unspecified atom stereocenters. The normalized spacial score (nSPS) is 13.8. The summed E-state index contributed by atoms with van der Waals surface area (Å²) < 4.78 is 5.56. The third-order valence-corrected chi connectivity index (χ3v) is 3.12. The lowest BCUT2D eigenvalue weighted by Crippen LogP contribution is -2.09. The van der Waals surface area contributed by atoms with Gasteiger partial charge in [0.15, 0.2) is 5.76 Å². The molecule has 1 heterocycles. The van der Waals surface area contributed by atoms with Gasteiger partial charge in [-0.15, -0.1) is 0 Å². The fourth-order valence-corrected chi connectivity index (χ4v) is 2.14. The summed E-state index contributed by atoms with van der Waals surface area (Å²) >= 11 is 0. The highest BCUT2D eigenvalue weighted by Gasteiger charge is 2.24. The Morgan fingerprint density at radius 1 is 0.850 bits per heavy atom. The van der Waals surface area contributed by atoms with Crippen LogP contribution in [0.3, 0.4) is 0 Å². The molecular formula is C15H12O5. The fourth-order valence-electron chi connectivity index (χ4n) is 2.14. The lowest BCUT2D eigenvalue weighted by molar-refractivity contribution is 0.349. The second-order valence-electron chi connectivity index (χ2n) is 4.54. The van der Waals surface area contributed by atoms with Crippen LogP contribution in [0.4, 0.5) is 0 Å². The molecule has 20 heavy (non-hydrogen) atoms. The number of hydrogen-bond donors (Lipinski definition) is 4. The Kier molecular flexibility index (Phi) is 2.68. The van der Waals surface area contributed by atoms with Crippen molar-refractivity contribution in [1.82, 2.24) is 0 Å². The van der Waals surface area contributed by atoms with Gasteiger partial charge in [0.05, 0.1) is 0 Å².